The average molecular weight is 291 g/mol. The molecule has 2 heterocycles. The standard InChI is InChI=1S/C15H17NO3S/c1-18-15(6-7-20-10-15)9-16-14(17)13-8-11-4-2-3-5-12(11)19-13/h2-5,8H,6-7,9-10H2,1H3,(H,16,17)/t15-/m0/s1. The zero-order valence-electron chi connectivity index (χ0n) is 11.3. The summed E-state index contributed by atoms with van der Waals surface area (Å²) < 4.78 is 11.1. The predicted molar refractivity (Wildman–Crippen MR) is 80.2 cm³/mol. The van der Waals surface area contributed by atoms with Crippen molar-refractivity contribution in [1.82, 2.24) is 5.32 Å². The maximum absolute atomic E-state index is 12.2. The van der Waals surface area contributed by atoms with Crippen LogP contribution in [0.5, 0.6) is 0 Å². The largest absolute Gasteiger partial charge is 0.451 e. The second-order valence-electron chi connectivity index (χ2n) is 5.02. The van der Waals surface area contributed by atoms with Crippen LogP contribution in [0.4, 0.5) is 0 Å². The lowest BCUT2D eigenvalue weighted by atomic mass is 10.0. The third kappa shape index (κ3) is 2.55. The van der Waals surface area contributed by atoms with Crippen molar-refractivity contribution in [3.63, 3.8) is 0 Å². The summed E-state index contributed by atoms with van der Waals surface area (Å²) in [6.07, 6.45) is 0.967. The minimum Gasteiger partial charge on any atom is -0.451 e. The average Bonchev–Trinajstić information content (AvgIpc) is 3.12. The highest BCUT2D eigenvalue weighted by Gasteiger charge is 2.34. The quantitative estimate of drug-likeness (QED) is 0.941. The maximum atomic E-state index is 12.2. The van der Waals surface area contributed by atoms with Crippen LogP contribution in [0, 0.1) is 0 Å². The van der Waals surface area contributed by atoms with E-state index in [-0.39, 0.29) is 11.5 Å². The zero-order valence-corrected chi connectivity index (χ0v) is 12.2. The van der Waals surface area contributed by atoms with Crippen molar-refractivity contribution in [3.8, 4) is 0 Å². The molecule has 1 saturated heterocycles. The molecule has 106 valence electrons. The van der Waals surface area contributed by atoms with E-state index in [1.165, 1.54) is 0 Å². The van der Waals surface area contributed by atoms with Crippen LogP contribution in [0.25, 0.3) is 11.0 Å². The lowest BCUT2D eigenvalue weighted by Gasteiger charge is -2.26. The van der Waals surface area contributed by atoms with Gasteiger partial charge in [0.25, 0.3) is 5.91 Å². The van der Waals surface area contributed by atoms with Gasteiger partial charge < -0.3 is 14.5 Å². The molecular formula is C15H17NO3S. The molecule has 2 aromatic rings. The number of para-hydroxylation sites is 1. The van der Waals surface area contributed by atoms with Gasteiger partial charge in [-0.25, -0.2) is 0 Å². The number of carbonyl (C=O) groups excluding carboxylic acids is 1. The van der Waals surface area contributed by atoms with Crippen molar-refractivity contribution in [2.75, 3.05) is 25.2 Å². The number of rotatable bonds is 4. The number of hydrogen-bond acceptors (Lipinski definition) is 4. The van der Waals surface area contributed by atoms with E-state index < -0.39 is 0 Å². The molecule has 0 saturated carbocycles. The molecule has 0 spiro atoms. The molecule has 5 heteroatoms. The Kier molecular flexibility index (Phi) is 3.72. The molecule has 1 amide bonds. The Hall–Kier alpha value is -1.46. The monoisotopic (exact) mass is 291 g/mol. The first-order chi connectivity index (χ1) is 9.72. The van der Waals surface area contributed by atoms with E-state index in [1.54, 1.807) is 13.2 Å². The van der Waals surface area contributed by atoms with Gasteiger partial charge in [0.15, 0.2) is 5.76 Å². The van der Waals surface area contributed by atoms with Gasteiger partial charge in [0.05, 0.1) is 5.60 Å². The van der Waals surface area contributed by atoms with Crippen LogP contribution in [0.15, 0.2) is 34.7 Å². The fourth-order valence-electron chi connectivity index (χ4n) is 2.38. The number of carbonyl (C=O) groups is 1. The summed E-state index contributed by atoms with van der Waals surface area (Å²) in [6.45, 7) is 0.520. The van der Waals surface area contributed by atoms with Crippen LogP contribution in [0.1, 0.15) is 17.0 Å². The maximum Gasteiger partial charge on any atom is 0.287 e. The summed E-state index contributed by atoms with van der Waals surface area (Å²) in [4.78, 5) is 12.2. The second kappa shape index (κ2) is 5.50. The third-order valence-corrected chi connectivity index (χ3v) is 4.94. The minimum atomic E-state index is -0.230. The molecule has 1 aliphatic rings. The molecule has 1 atom stereocenters. The number of furan rings is 1. The highest BCUT2D eigenvalue weighted by molar-refractivity contribution is 7.99. The Morgan fingerprint density at radius 3 is 3.05 bits per heavy atom. The normalized spacial score (nSPS) is 22.2. The summed E-state index contributed by atoms with van der Waals surface area (Å²) in [5.41, 5.74) is 0.502. The van der Waals surface area contributed by atoms with E-state index in [1.807, 2.05) is 36.0 Å². The first-order valence-corrected chi connectivity index (χ1v) is 7.78. The number of amides is 1. The van der Waals surface area contributed by atoms with Crippen molar-refractivity contribution in [1.29, 1.82) is 0 Å². The summed E-state index contributed by atoms with van der Waals surface area (Å²) in [7, 11) is 1.71. The lowest BCUT2D eigenvalue weighted by Crippen LogP contribution is -2.44. The fourth-order valence-corrected chi connectivity index (χ4v) is 3.78. The first kappa shape index (κ1) is 13.5. The summed E-state index contributed by atoms with van der Waals surface area (Å²) in [5.74, 6) is 2.16. The van der Waals surface area contributed by atoms with Gasteiger partial charge in [-0.1, -0.05) is 18.2 Å². The number of methoxy groups -OCH3 is 1. The van der Waals surface area contributed by atoms with Gasteiger partial charge in [0.2, 0.25) is 0 Å². The lowest BCUT2D eigenvalue weighted by molar-refractivity contribution is 0.0135. The topological polar surface area (TPSA) is 51.5 Å². The molecule has 1 aromatic carbocycles. The SMILES string of the molecule is CO[C@]1(CNC(=O)c2cc3ccccc3o2)CCSC1. The van der Waals surface area contributed by atoms with E-state index in [2.05, 4.69) is 5.32 Å². The van der Waals surface area contributed by atoms with Crippen molar-refractivity contribution >= 4 is 28.6 Å². The van der Waals surface area contributed by atoms with Crippen LogP contribution in [0.3, 0.4) is 0 Å². The smallest absolute Gasteiger partial charge is 0.287 e. The van der Waals surface area contributed by atoms with E-state index >= 15 is 0 Å². The van der Waals surface area contributed by atoms with Crippen LogP contribution < -0.4 is 5.32 Å². The highest BCUT2D eigenvalue weighted by Crippen LogP contribution is 2.30. The Labute approximate surface area is 121 Å². The van der Waals surface area contributed by atoms with Gasteiger partial charge in [0, 0.05) is 24.8 Å². The molecule has 0 aliphatic carbocycles. The number of thioether (sulfide) groups is 1. The van der Waals surface area contributed by atoms with Gasteiger partial charge in [-0.2, -0.15) is 11.8 Å². The molecule has 3 rings (SSSR count). The molecule has 0 unspecified atom stereocenters. The molecule has 1 N–H and O–H groups in total. The molecule has 1 aromatic heterocycles. The van der Waals surface area contributed by atoms with E-state index in [0.717, 1.165) is 28.9 Å². The van der Waals surface area contributed by atoms with Crippen molar-refractivity contribution in [3.05, 3.63) is 36.1 Å². The Morgan fingerprint density at radius 2 is 2.35 bits per heavy atom. The highest BCUT2D eigenvalue weighted by atomic mass is 32.2. The van der Waals surface area contributed by atoms with Crippen molar-refractivity contribution in [2.45, 2.75) is 12.0 Å². The van der Waals surface area contributed by atoms with Gasteiger partial charge in [0.1, 0.15) is 5.58 Å². The van der Waals surface area contributed by atoms with Gasteiger partial charge in [-0.15, -0.1) is 0 Å². The number of fused-ring (bicyclic) bond motifs is 1. The predicted octanol–water partition coefficient (Wildman–Crippen LogP) is 2.68. The molecule has 1 aliphatic heterocycles. The van der Waals surface area contributed by atoms with Crippen LogP contribution in [-0.4, -0.2) is 36.7 Å². The Morgan fingerprint density at radius 1 is 1.50 bits per heavy atom. The van der Waals surface area contributed by atoms with Crippen molar-refractivity contribution in [2.24, 2.45) is 0 Å². The zero-order chi connectivity index (χ0) is 14.0. The van der Waals surface area contributed by atoms with Gasteiger partial charge in [-0.3, -0.25) is 4.79 Å². The summed E-state index contributed by atoms with van der Waals surface area (Å²) >= 11 is 1.86. The van der Waals surface area contributed by atoms with Crippen LogP contribution in [0.2, 0.25) is 0 Å². The number of nitrogens with one attached hydrogen (secondary N) is 1. The Balaban J connectivity index is 1.69. The third-order valence-electron chi connectivity index (χ3n) is 3.72. The number of ether oxygens (including phenoxy) is 1. The van der Waals surface area contributed by atoms with Crippen LogP contribution >= 0.6 is 11.8 Å². The van der Waals surface area contributed by atoms with Gasteiger partial charge in [-0.05, 0) is 24.3 Å². The van der Waals surface area contributed by atoms with Crippen LogP contribution in [-0.2, 0) is 4.74 Å². The molecule has 1 fully saturated rings. The fraction of sp³-hybridized carbons (Fsp3) is 0.400. The van der Waals surface area contributed by atoms with Gasteiger partial charge >= 0.3 is 0 Å². The van der Waals surface area contributed by atoms with Crippen molar-refractivity contribution < 1.29 is 13.9 Å². The molecule has 0 radical (unpaired) electrons. The molecular weight excluding hydrogens is 274 g/mol. The molecule has 20 heavy (non-hydrogen) atoms. The van der Waals surface area contributed by atoms with E-state index in [9.17, 15) is 4.79 Å². The molecule has 4 nitrogen and oxygen atoms in total. The number of benzene rings is 1. The van der Waals surface area contributed by atoms with E-state index in [4.69, 9.17) is 9.15 Å². The summed E-state index contributed by atoms with van der Waals surface area (Å²) in [6, 6.07) is 9.38. The second-order valence-corrected chi connectivity index (χ2v) is 6.13. The first-order valence-electron chi connectivity index (χ1n) is 6.62. The Bertz CT molecular complexity index is 583. The minimum absolute atomic E-state index is 0.186. The van der Waals surface area contributed by atoms with E-state index in [0.29, 0.717) is 12.3 Å². The number of hydrogen-bond donors (Lipinski definition) is 1. The summed E-state index contributed by atoms with van der Waals surface area (Å²) in [5, 5.41) is 3.86. The molecule has 0 bridgehead atoms.